The highest BCUT2D eigenvalue weighted by molar-refractivity contribution is 5.19. The molecule has 3 N–H and O–H groups in total. The van der Waals surface area contributed by atoms with E-state index in [2.05, 4.69) is 36.5 Å². The van der Waals surface area contributed by atoms with Crippen molar-refractivity contribution in [1.82, 2.24) is 5.32 Å². The average Bonchev–Trinajstić information content (AvgIpc) is 2.32. The number of rotatable bonds is 3. The first-order chi connectivity index (χ1) is 7.77. The zero-order chi connectivity index (χ0) is 11.4. The fraction of sp³-hybridized carbons (Fsp3) is 0.429. The Balaban J connectivity index is 1.93. The van der Waals surface area contributed by atoms with Crippen LogP contribution in [0.4, 0.5) is 0 Å². The summed E-state index contributed by atoms with van der Waals surface area (Å²) in [5, 5.41) is 3.54. The van der Waals surface area contributed by atoms with Gasteiger partial charge in [-0.1, -0.05) is 35.9 Å². The minimum absolute atomic E-state index is 0.369. The summed E-state index contributed by atoms with van der Waals surface area (Å²) in [6, 6.07) is 10.8. The summed E-state index contributed by atoms with van der Waals surface area (Å²) >= 11 is 0. The number of hydrogen-bond donors (Lipinski definition) is 2. The van der Waals surface area contributed by atoms with Gasteiger partial charge < -0.3 is 11.1 Å². The van der Waals surface area contributed by atoms with Crippen LogP contribution in [0.1, 0.15) is 31.7 Å². The van der Waals surface area contributed by atoms with Crippen LogP contribution in [0.3, 0.4) is 0 Å². The molecule has 1 aromatic rings. The second-order valence-electron chi connectivity index (χ2n) is 4.55. The van der Waals surface area contributed by atoms with E-state index in [9.17, 15) is 0 Å². The van der Waals surface area contributed by atoms with Crippen LogP contribution in [0.2, 0.25) is 0 Å². The lowest BCUT2D eigenvalue weighted by molar-refractivity contribution is 0.484. The average molecular weight is 216 g/mol. The minimum atomic E-state index is 0.369. The molecule has 0 spiro atoms. The Morgan fingerprint density at radius 2 is 2.06 bits per heavy atom. The Bertz CT molecular complexity index is 368. The molecule has 16 heavy (non-hydrogen) atoms. The van der Waals surface area contributed by atoms with Crippen molar-refractivity contribution in [2.45, 2.75) is 38.8 Å². The number of nitrogens with two attached hydrogens (primary N) is 1. The Kier molecular flexibility index (Phi) is 3.62. The lowest BCUT2D eigenvalue weighted by Crippen LogP contribution is -2.36. The van der Waals surface area contributed by atoms with Gasteiger partial charge in [-0.25, -0.2) is 0 Å². The van der Waals surface area contributed by atoms with Crippen molar-refractivity contribution in [3.63, 3.8) is 0 Å². The normalized spacial score (nSPS) is 21.2. The third kappa shape index (κ3) is 2.64. The molecule has 0 radical (unpaired) electrons. The zero-order valence-electron chi connectivity index (χ0n) is 9.87. The fourth-order valence-electron chi connectivity index (χ4n) is 2.22. The molecular formula is C14H20N2. The monoisotopic (exact) mass is 216 g/mol. The third-order valence-corrected chi connectivity index (χ3v) is 3.31. The predicted octanol–water partition coefficient (Wildman–Crippen LogP) is 2.56. The van der Waals surface area contributed by atoms with Gasteiger partial charge in [-0.05, 0) is 31.7 Å². The summed E-state index contributed by atoms with van der Waals surface area (Å²) in [6.45, 7) is 3.05. The maximum atomic E-state index is 6.10. The molecule has 2 heteroatoms. The largest absolute Gasteiger partial charge is 0.401 e. The van der Waals surface area contributed by atoms with Crippen molar-refractivity contribution < 1.29 is 0 Å². The fourth-order valence-corrected chi connectivity index (χ4v) is 2.22. The summed E-state index contributed by atoms with van der Waals surface area (Å²) in [4.78, 5) is 0. The second-order valence-corrected chi connectivity index (χ2v) is 4.55. The van der Waals surface area contributed by atoms with Gasteiger partial charge in [0.15, 0.2) is 0 Å². The molecule has 0 aromatic heterocycles. The Morgan fingerprint density at radius 1 is 1.31 bits per heavy atom. The highest BCUT2D eigenvalue weighted by Gasteiger charge is 2.17. The van der Waals surface area contributed by atoms with Gasteiger partial charge in [-0.3, -0.25) is 0 Å². The molecule has 1 aliphatic rings. The standard InChI is InChI=1S/C14H20N2/c1-11-6-5-9-13(14(11)15)16-10-12-7-3-2-4-8-12/h2-4,7-8,13,16H,5-6,9-10,15H2,1H3. The minimum Gasteiger partial charge on any atom is -0.401 e. The van der Waals surface area contributed by atoms with Crippen LogP contribution in [-0.4, -0.2) is 6.04 Å². The van der Waals surface area contributed by atoms with E-state index in [1.54, 1.807) is 0 Å². The molecule has 2 rings (SSSR count). The molecule has 0 bridgehead atoms. The molecule has 86 valence electrons. The molecule has 0 aliphatic heterocycles. The molecule has 0 amide bonds. The molecule has 0 fully saturated rings. The van der Waals surface area contributed by atoms with E-state index < -0.39 is 0 Å². The zero-order valence-corrected chi connectivity index (χ0v) is 9.87. The molecule has 2 nitrogen and oxygen atoms in total. The van der Waals surface area contributed by atoms with Gasteiger partial charge in [0, 0.05) is 18.3 Å². The number of nitrogens with one attached hydrogen (secondary N) is 1. The summed E-state index contributed by atoms with van der Waals surface area (Å²) in [5.41, 5.74) is 9.84. The summed E-state index contributed by atoms with van der Waals surface area (Å²) < 4.78 is 0. The predicted molar refractivity (Wildman–Crippen MR) is 67.8 cm³/mol. The van der Waals surface area contributed by atoms with Crippen LogP contribution in [0, 0.1) is 0 Å². The van der Waals surface area contributed by atoms with Crippen LogP contribution in [0.15, 0.2) is 41.6 Å². The molecule has 1 atom stereocenters. The van der Waals surface area contributed by atoms with Gasteiger partial charge in [0.05, 0.1) is 0 Å². The van der Waals surface area contributed by atoms with Crippen LogP contribution in [0.25, 0.3) is 0 Å². The van der Waals surface area contributed by atoms with Crippen LogP contribution >= 0.6 is 0 Å². The van der Waals surface area contributed by atoms with E-state index in [1.807, 2.05) is 6.07 Å². The first kappa shape index (κ1) is 11.2. The van der Waals surface area contributed by atoms with E-state index in [4.69, 9.17) is 5.73 Å². The number of benzene rings is 1. The summed E-state index contributed by atoms with van der Waals surface area (Å²) in [5.74, 6) is 0. The Hall–Kier alpha value is -1.28. The maximum Gasteiger partial charge on any atom is 0.0469 e. The van der Waals surface area contributed by atoms with Crippen LogP contribution in [0.5, 0.6) is 0 Å². The van der Waals surface area contributed by atoms with Crippen molar-refractivity contribution in [2.24, 2.45) is 5.73 Å². The SMILES string of the molecule is CC1=C(N)C(NCc2ccccc2)CCC1. The lowest BCUT2D eigenvalue weighted by atomic mass is 9.93. The molecule has 0 saturated heterocycles. The van der Waals surface area contributed by atoms with Crippen molar-refractivity contribution in [3.05, 3.63) is 47.2 Å². The topological polar surface area (TPSA) is 38.0 Å². The second kappa shape index (κ2) is 5.17. The number of allylic oxidation sites excluding steroid dienone is 1. The van der Waals surface area contributed by atoms with Gasteiger partial charge in [0.1, 0.15) is 0 Å². The quantitative estimate of drug-likeness (QED) is 0.815. The van der Waals surface area contributed by atoms with E-state index in [1.165, 1.54) is 17.6 Å². The molecule has 0 heterocycles. The third-order valence-electron chi connectivity index (χ3n) is 3.31. The van der Waals surface area contributed by atoms with Crippen molar-refractivity contribution in [2.75, 3.05) is 0 Å². The lowest BCUT2D eigenvalue weighted by Gasteiger charge is -2.25. The number of hydrogen-bond acceptors (Lipinski definition) is 2. The van der Waals surface area contributed by atoms with Crippen molar-refractivity contribution >= 4 is 0 Å². The van der Waals surface area contributed by atoms with E-state index in [0.717, 1.165) is 25.1 Å². The van der Waals surface area contributed by atoms with Gasteiger partial charge in [0.25, 0.3) is 0 Å². The highest BCUT2D eigenvalue weighted by atomic mass is 14.9. The first-order valence-electron chi connectivity index (χ1n) is 6.00. The maximum absolute atomic E-state index is 6.10. The van der Waals surface area contributed by atoms with Crippen molar-refractivity contribution in [1.29, 1.82) is 0 Å². The van der Waals surface area contributed by atoms with Gasteiger partial charge in [0.2, 0.25) is 0 Å². The smallest absolute Gasteiger partial charge is 0.0469 e. The van der Waals surface area contributed by atoms with Gasteiger partial charge in [-0.2, -0.15) is 0 Å². The van der Waals surface area contributed by atoms with Crippen LogP contribution in [-0.2, 0) is 6.54 Å². The molecule has 1 aliphatic carbocycles. The highest BCUT2D eigenvalue weighted by Crippen LogP contribution is 2.21. The Labute approximate surface area is 97.5 Å². The van der Waals surface area contributed by atoms with E-state index >= 15 is 0 Å². The van der Waals surface area contributed by atoms with E-state index in [0.29, 0.717) is 6.04 Å². The molecular weight excluding hydrogens is 196 g/mol. The molecule has 1 aromatic carbocycles. The molecule has 0 saturated carbocycles. The van der Waals surface area contributed by atoms with Gasteiger partial charge >= 0.3 is 0 Å². The summed E-state index contributed by atoms with van der Waals surface area (Å²) in [7, 11) is 0. The van der Waals surface area contributed by atoms with Crippen LogP contribution < -0.4 is 11.1 Å². The first-order valence-corrected chi connectivity index (χ1v) is 6.00. The summed E-state index contributed by atoms with van der Waals surface area (Å²) in [6.07, 6.45) is 3.57. The van der Waals surface area contributed by atoms with E-state index in [-0.39, 0.29) is 0 Å². The van der Waals surface area contributed by atoms with Crippen molar-refractivity contribution in [3.8, 4) is 0 Å². The Morgan fingerprint density at radius 3 is 2.81 bits per heavy atom. The van der Waals surface area contributed by atoms with Gasteiger partial charge in [-0.15, -0.1) is 0 Å². The molecule has 1 unspecified atom stereocenters.